The van der Waals surface area contributed by atoms with Crippen LogP contribution in [0.5, 0.6) is 11.5 Å². The Hall–Kier alpha value is -4.24. The number of primary amides is 1. The number of carbonyl (C=O) groups excluding carboxylic acids is 1. The van der Waals surface area contributed by atoms with Crippen LogP contribution in [-0.4, -0.2) is 48.3 Å². The molecule has 2 aromatic heterocycles. The summed E-state index contributed by atoms with van der Waals surface area (Å²) in [7, 11) is 3.17. The van der Waals surface area contributed by atoms with Crippen LogP contribution in [0.15, 0.2) is 60.9 Å². The number of fused-ring (bicyclic) bond motifs is 1. The predicted molar refractivity (Wildman–Crippen MR) is 125 cm³/mol. The summed E-state index contributed by atoms with van der Waals surface area (Å²) in [5.74, 6) is 1.44. The molecule has 168 valence electrons. The fourth-order valence-electron chi connectivity index (χ4n) is 3.30. The van der Waals surface area contributed by atoms with Gasteiger partial charge >= 0.3 is 0 Å². The van der Waals surface area contributed by atoms with Gasteiger partial charge in [-0.1, -0.05) is 12.1 Å². The number of carbonyl (C=O) groups is 1. The second kappa shape index (κ2) is 9.92. The van der Waals surface area contributed by atoms with E-state index in [9.17, 15) is 4.79 Å². The number of methoxy groups -OCH3 is 2. The van der Waals surface area contributed by atoms with Gasteiger partial charge < -0.3 is 25.3 Å². The Bertz CT molecular complexity index is 1280. The van der Waals surface area contributed by atoms with Crippen LogP contribution in [0.3, 0.4) is 0 Å². The monoisotopic (exact) mass is 445 g/mol. The zero-order valence-corrected chi connectivity index (χ0v) is 18.2. The Morgan fingerprint density at radius 1 is 1.03 bits per heavy atom. The highest BCUT2D eigenvalue weighted by Gasteiger charge is 2.17. The van der Waals surface area contributed by atoms with E-state index in [1.165, 1.54) is 0 Å². The summed E-state index contributed by atoms with van der Waals surface area (Å²) >= 11 is 0. The average molecular weight is 445 g/mol. The maximum atomic E-state index is 11.9. The number of para-hydroxylation sites is 1. The maximum absolute atomic E-state index is 11.9. The van der Waals surface area contributed by atoms with Crippen molar-refractivity contribution in [2.45, 2.75) is 0 Å². The highest BCUT2D eigenvalue weighted by Crippen LogP contribution is 2.36. The number of ether oxygens (including phenoxy) is 3. The Morgan fingerprint density at radius 3 is 2.61 bits per heavy atom. The molecule has 1 amide bonds. The third-order valence-corrected chi connectivity index (χ3v) is 4.89. The van der Waals surface area contributed by atoms with Gasteiger partial charge in [-0.05, 0) is 30.3 Å². The van der Waals surface area contributed by atoms with E-state index in [-0.39, 0.29) is 0 Å². The number of nitrogens with zero attached hydrogens (tertiary/aromatic N) is 3. The van der Waals surface area contributed by atoms with Gasteiger partial charge in [0.05, 0.1) is 30.5 Å². The second-order valence-corrected chi connectivity index (χ2v) is 7.03. The molecule has 0 aliphatic heterocycles. The van der Waals surface area contributed by atoms with Gasteiger partial charge in [0.2, 0.25) is 0 Å². The van der Waals surface area contributed by atoms with Gasteiger partial charge in [0.25, 0.3) is 5.91 Å². The van der Waals surface area contributed by atoms with Crippen LogP contribution < -0.4 is 20.5 Å². The minimum Gasteiger partial charge on any atom is -0.493 e. The molecule has 0 radical (unpaired) electrons. The molecule has 2 aromatic carbocycles. The number of hydrogen-bond donors (Lipinski definition) is 2. The SMILES string of the molecule is COCCOc1cc2c(Nc3ccccc3C(N)=O)nc(-c3cccnc3)nc2cc1OC. The third kappa shape index (κ3) is 4.83. The first kappa shape index (κ1) is 22.0. The van der Waals surface area contributed by atoms with Crippen LogP contribution in [0.25, 0.3) is 22.3 Å². The summed E-state index contributed by atoms with van der Waals surface area (Å²) in [5, 5.41) is 3.92. The number of benzene rings is 2. The zero-order chi connectivity index (χ0) is 23.2. The van der Waals surface area contributed by atoms with E-state index in [4.69, 9.17) is 29.9 Å². The quantitative estimate of drug-likeness (QED) is 0.375. The van der Waals surface area contributed by atoms with Crippen LogP contribution in [0.2, 0.25) is 0 Å². The molecule has 0 bridgehead atoms. The number of hydrogen-bond acceptors (Lipinski definition) is 8. The first-order valence-corrected chi connectivity index (χ1v) is 10.2. The fraction of sp³-hybridized carbons (Fsp3) is 0.167. The highest BCUT2D eigenvalue weighted by molar-refractivity contribution is 6.01. The number of rotatable bonds is 9. The van der Waals surface area contributed by atoms with Crippen molar-refractivity contribution in [2.24, 2.45) is 5.73 Å². The van der Waals surface area contributed by atoms with E-state index in [1.807, 2.05) is 18.2 Å². The van der Waals surface area contributed by atoms with Crippen molar-refractivity contribution < 1.29 is 19.0 Å². The molecule has 4 rings (SSSR count). The lowest BCUT2D eigenvalue weighted by molar-refractivity contribution is 0.100. The molecule has 9 nitrogen and oxygen atoms in total. The van der Waals surface area contributed by atoms with E-state index in [2.05, 4.69) is 10.3 Å². The Kier molecular flexibility index (Phi) is 6.61. The zero-order valence-electron chi connectivity index (χ0n) is 18.2. The van der Waals surface area contributed by atoms with E-state index in [0.717, 1.165) is 5.56 Å². The van der Waals surface area contributed by atoms with Crippen molar-refractivity contribution in [3.8, 4) is 22.9 Å². The summed E-state index contributed by atoms with van der Waals surface area (Å²) in [4.78, 5) is 25.5. The molecule has 0 spiro atoms. The molecule has 0 atom stereocenters. The van der Waals surface area contributed by atoms with Gasteiger partial charge in [-0.3, -0.25) is 9.78 Å². The molecule has 3 N–H and O–H groups in total. The molecule has 4 aromatic rings. The normalized spacial score (nSPS) is 10.7. The van der Waals surface area contributed by atoms with E-state index in [0.29, 0.717) is 58.5 Å². The maximum Gasteiger partial charge on any atom is 0.250 e. The van der Waals surface area contributed by atoms with Gasteiger partial charge in [0.1, 0.15) is 12.4 Å². The first-order valence-electron chi connectivity index (χ1n) is 10.2. The molecule has 0 unspecified atom stereocenters. The summed E-state index contributed by atoms with van der Waals surface area (Å²) in [6.07, 6.45) is 3.36. The van der Waals surface area contributed by atoms with Crippen molar-refractivity contribution >= 4 is 28.3 Å². The van der Waals surface area contributed by atoms with Crippen LogP contribution in [-0.2, 0) is 4.74 Å². The number of amides is 1. The molecule has 0 aliphatic rings. The van der Waals surface area contributed by atoms with E-state index < -0.39 is 5.91 Å². The smallest absolute Gasteiger partial charge is 0.250 e. The van der Waals surface area contributed by atoms with E-state index >= 15 is 0 Å². The van der Waals surface area contributed by atoms with Gasteiger partial charge in [-0.2, -0.15) is 0 Å². The number of anilines is 2. The summed E-state index contributed by atoms with van der Waals surface area (Å²) < 4.78 is 16.4. The molecule has 0 saturated carbocycles. The Labute approximate surface area is 190 Å². The van der Waals surface area contributed by atoms with Crippen molar-refractivity contribution in [3.63, 3.8) is 0 Å². The number of pyridine rings is 1. The largest absolute Gasteiger partial charge is 0.493 e. The molecule has 2 heterocycles. The van der Waals surface area contributed by atoms with Gasteiger partial charge in [0, 0.05) is 36.5 Å². The van der Waals surface area contributed by atoms with Crippen LogP contribution >= 0.6 is 0 Å². The van der Waals surface area contributed by atoms with Gasteiger partial charge in [0.15, 0.2) is 17.3 Å². The van der Waals surface area contributed by atoms with Gasteiger partial charge in [-0.25, -0.2) is 9.97 Å². The lowest BCUT2D eigenvalue weighted by Crippen LogP contribution is -2.13. The summed E-state index contributed by atoms with van der Waals surface area (Å²) in [6, 6.07) is 14.2. The highest BCUT2D eigenvalue weighted by atomic mass is 16.5. The minimum atomic E-state index is -0.547. The van der Waals surface area contributed by atoms with Crippen LogP contribution in [0.1, 0.15) is 10.4 Å². The van der Waals surface area contributed by atoms with E-state index in [1.54, 1.807) is 56.9 Å². The molecule has 33 heavy (non-hydrogen) atoms. The van der Waals surface area contributed by atoms with Crippen LogP contribution in [0, 0.1) is 0 Å². The molecule has 0 fully saturated rings. The number of aromatic nitrogens is 3. The van der Waals surface area contributed by atoms with Crippen molar-refractivity contribution in [1.29, 1.82) is 0 Å². The summed E-state index contributed by atoms with van der Waals surface area (Å²) in [6.45, 7) is 0.773. The number of nitrogens with one attached hydrogen (secondary N) is 1. The molecule has 9 heteroatoms. The van der Waals surface area contributed by atoms with Gasteiger partial charge in [-0.15, -0.1) is 0 Å². The Morgan fingerprint density at radius 2 is 1.88 bits per heavy atom. The van der Waals surface area contributed by atoms with Crippen molar-refractivity contribution in [3.05, 3.63) is 66.5 Å². The molecular formula is C24H23N5O4. The standard InChI is InChI=1S/C24H23N5O4/c1-31-10-11-33-21-12-17-19(13-20(21)32-2)28-23(15-6-5-9-26-14-15)29-24(17)27-18-8-4-3-7-16(18)22(25)30/h3-9,12-14H,10-11H2,1-2H3,(H2,25,30)(H,27,28,29). The lowest BCUT2D eigenvalue weighted by Gasteiger charge is -2.16. The minimum absolute atomic E-state index is 0.345. The topological polar surface area (TPSA) is 121 Å². The third-order valence-electron chi connectivity index (χ3n) is 4.89. The molecular weight excluding hydrogens is 422 g/mol. The lowest BCUT2D eigenvalue weighted by atomic mass is 10.1. The van der Waals surface area contributed by atoms with Crippen LogP contribution in [0.4, 0.5) is 11.5 Å². The summed E-state index contributed by atoms with van der Waals surface area (Å²) in [5.41, 5.74) is 7.80. The number of nitrogens with two attached hydrogens (primary N) is 1. The fourth-order valence-corrected chi connectivity index (χ4v) is 3.30. The molecule has 0 saturated heterocycles. The molecule has 0 aliphatic carbocycles. The second-order valence-electron chi connectivity index (χ2n) is 7.03. The predicted octanol–water partition coefficient (Wildman–Crippen LogP) is 3.57. The average Bonchev–Trinajstić information content (AvgIpc) is 2.84. The first-order chi connectivity index (χ1) is 16.1. The van der Waals surface area contributed by atoms with Crippen molar-refractivity contribution in [2.75, 3.05) is 32.8 Å². The Balaban J connectivity index is 1.89. The van der Waals surface area contributed by atoms with Crippen molar-refractivity contribution in [1.82, 2.24) is 15.0 Å².